The van der Waals surface area contributed by atoms with E-state index < -0.39 is 0 Å². The number of carbonyl (C=O) groups is 1. The summed E-state index contributed by atoms with van der Waals surface area (Å²) in [4.78, 5) is 15.9. The maximum absolute atomic E-state index is 12.0. The van der Waals surface area contributed by atoms with Gasteiger partial charge in [-0.25, -0.2) is 0 Å². The Morgan fingerprint density at radius 1 is 1.53 bits per heavy atom. The number of nitrogens with two attached hydrogens (primary N) is 1. The van der Waals surface area contributed by atoms with Crippen molar-refractivity contribution in [1.82, 2.24) is 15.5 Å². The van der Waals surface area contributed by atoms with E-state index in [0.29, 0.717) is 35.8 Å². The summed E-state index contributed by atoms with van der Waals surface area (Å²) in [6.07, 6.45) is 1.74. The molecular formula is C12H14N4O3. The molecule has 1 aromatic heterocycles. The Bertz CT molecular complexity index is 554. The number of methoxy groups -OCH3 is 1. The van der Waals surface area contributed by atoms with Gasteiger partial charge in [-0.05, 0) is 12.1 Å². The molecule has 0 saturated heterocycles. The lowest BCUT2D eigenvalue weighted by Gasteiger charge is -2.10. The first kappa shape index (κ1) is 12.9. The summed E-state index contributed by atoms with van der Waals surface area (Å²) in [5, 5.41) is 6.39. The highest BCUT2D eigenvalue weighted by Gasteiger charge is 2.14. The highest BCUT2D eigenvalue weighted by Crippen LogP contribution is 2.25. The van der Waals surface area contributed by atoms with Crippen LogP contribution in [0, 0.1) is 0 Å². The number of hydrogen-bond acceptors (Lipinski definition) is 6. The molecule has 1 aromatic carbocycles. The topological polar surface area (TPSA) is 103 Å². The fourth-order valence-electron chi connectivity index (χ4n) is 1.65. The molecule has 2 aromatic rings. The summed E-state index contributed by atoms with van der Waals surface area (Å²) in [5.74, 6) is 0.659. The second-order valence-corrected chi connectivity index (χ2v) is 3.78. The summed E-state index contributed by atoms with van der Waals surface area (Å²) in [6.45, 7) is 0.399. The highest BCUT2D eigenvalue weighted by atomic mass is 16.5. The average molecular weight is 262 g/mol. The fourth-order valence-corrected chi connectivity index (χ4v) is 1.65. The molecular weight excluding hydrogens is 248 g/mol. The molecule has 1 heterocycles. The number of nitrogens with one attached hydrogen (secondary N) is 1. The van der Waals surface area contributed by atoms with Crippen molar-refractivity contribution in [1.29, 1.82) is 0 Å². The van der Waals surface area contributed by atoms with Crippen LogP contribution in [0.3, 0.4) is 0 Å². The lowest BCUT2D eigenvalue weighted by Crippen LogP contribution is -2.26. The van der Waals surface area contributed by atoms with E-state index in [0.717, 1.165) is 0 Å². The quantitative estimate of drug-likeness (QED) is 0.766. The monoisotopic (exact) mass is 262 g/mol. The lowest BCUT2D eigenvalue weighted by atomic mass is 10.1. The summed E-state index contributed by atoms with van der Waals surface area (Å²) >= 11 is 0. The summed E-state index contributed by atoms with van der Waals surface area (Å²) in [5.41, 5.74) is 6.56. The van der Waals surface area contributed by atoms with Crippen LogP contribution < -0.4 is 15.8 Å². The SMILES string of the molecule is COc1c(N)cccc1C(=O)NCCc1ncon1. The van der Waals surface area contributed by atoms with E-state index in [9.17, 15) is 4.79 Å². The van der Waals surface area contributed by atoms with Crippen molar-refractivity contribution >= 4 is 11.6 Å². The van der Waals surface area contributed by atoms with Crippen LogP contribution in [-0.4, -0.2) is 29.7 Å². The molecule has 3 N–H and O–H groups in total. The summed E-state index contributed by atoms with van der Waals surface area (Å²) < 4.78 is 9.72. The number of carbonyl (C=O) groups excluding carboxylic acids is 1. The van der Waals surface area contributed by atoms with E-state index in [1.807, 2.05) is 0 Å². The third kappa shape index (κ3) is 3.01. The van der Waals surface area contributed by atoms with Gasteiger partial charge in [0.25, 0.3) is 5.91 Å². The van der Waals surface area contributed by atoms with Crippen LogP contribution in [0.4, 0.5) is 5.69 Å². The maximum Gasteiger partial charge on any atom is 0.255 e. The van der Waals surface area contributed by atoms with E-state index in [1.54, 1.807) is 18.2 Å². The molecule has 0 fully saturated rings. The highest BCUT2D eigenvalue weighted by molar-refractivity contribution is 5.98. The largest absolute Gasteiger partial charge is 0.494 e. The zero-order chi connectivity index (χ0) is 13.7. The van der Waals surface area contributed by atoms with Gasteiger partial charge in [0.2, 0.25) is 6.39 Å². The lowest BCUT2D eigenvalue weighted by molar-refractivity contribution is 0.0951. The van der Waals surface area contributed by atoms with Crippen LogP contribution in [0.2, 0.25) is 0 Å². The van der Waals surface area contributed by atoms with E-state index in [4.69, 9.17) is 10.5 Å². The van der Waals surface area contributed by atoms with Gasteiger partial charge >= 0.3 is 0 Å². The Morgan fingerprint density at radius 2 is 2.37 bits per heavy atom. The van der Waals surface area contributed by atoms with Crippen LogP contribution in [0.25, 0.3) is 0 Å². The average Bonchev–Trinajstić information content (AvgIpc) is 2.91. The number of benzene rings is 1. The molecule has 0 spiro atoms. The van der Waals surface area contributed by atoms with Gasteiger partial charge in [-0.15, -0.1) is 0 Å². The molecule has 7 heteroatoms. The molecule has 2 rings (SSSR count). The number of nitrogen functional groups attached to an aromatic ring is 1. The minimum Gasteiger partial charge on any atom is -0.494 e. The van der Waals surface area contributed by atoms with Crippen molar-refractivity contribution in [3.05, 3.63) is 36.0 Å². The molecule has 0 aliphatic rings. The maximum atomic E-state index is 12.0. The molecule has 0 bridgehead atoms. The van der Waals surface area contributed by atoms with Gasteiger partial charge in [0.05, 0.1) is 18.4 Å². The van der Waals surface area contributed by atoms with Crippen LogP contribution in [0.5, 0.6) is 5.75 Å². The number of amides is 1. The minimum atomic E-state index is -0.257. The van der Waals surface area contributed by atoms with Crippen molar-refractivity contribution in [3.63, 3.8) is 0 Å². The summed E-state index contributed by atoms with van der Waals surface area (Å²) in [7, 11) is 1.47. The molecule has 1 amide bonds. The number of rotatable bonds is 5. The molecule has 7 nitrogen and oxygen atoms in total. The molecule has 0 atom stereocenters. The minimum absolute atomic E-state index is 0.257. The molecule has 0 saturated carbocycles. The van der Waals surface area contributed by atoms with Gasteiger partial charge in [-0.3, -0.25) is 4.79 Å². The Morgan fingerprint density at radius 3 is 3.05 bits per heavy atom. The van der Waals surface area contributed by atoms with Gasteiger partial charge in [-0.1, -0.05) is 11.2 Å². The van der Waals surface area contributed by atoms with E-state index in [1.165, 1.54) is 13.5 Å². The Hall–Kier alpha value is -2.57. The van der Waals surface area contributed by atoms with Gasteiger partial charge in [0.15, 0.2) is 11.6 Å². The first-order valence-electron chi connectivity index (χ1n) is 5.68. The predicted octanol–water partition coefficient (Wildman–Crippen LogP) is 0.633. The Balaban J connectivity index is 1.98. The standard InChI is InChI=1S/C12H14N4O3/c1-18-11-8(3-2-4-9(11)13)12(17)14-6-5-10-15-7-19-16-10/h2-4,7H,5-6,13H2,1H3,(H,14,17). The van der Waals surface area contributed by atoms with Crippen molar-refractivity contribution in [2.75, 3.05) is 19.4 Å². The number of hydrogen-bond donors (Lipinski definition) is 2. The molecule has 100 valence electrons. The number of ether oxygens (including phenoxy) is 1. The molecule has 0 unspecified atom stereocenters. The molecule has 0 radical (unpaired) electrons. The number of para-hydroxylation sites is 1. The van der Waals surface area contributed by atoms with Crippen molar-refractivity contribution in [2.24, 2.45) is 0 Å². The van der Waals surface area contributed by atoms with Crippen molar-refractivity contribution in [3.8, 4) is 5.75 Å². The van der Waals surface area contributed by atoms with E-state index >= 15 is 0 Å². The Labute approximate surface area is 109 Å². The smallest absolute Gasteiger partial charge is 0.255 e. The van der Waals surface area contributed by atoms with Gasteiger partial charge < -0.3 is 20.3 Å². The first-order valence-corrected chi connectivity index (χ1v) is 5.68. The predicted molar refractivity (Wildman–Crippen MR) is 67.7 cm³/mol. The zero-order valence-electron chi connectivity index (χ0n) is 10.4. The van der Waals surface area contributed by atoms with Crippen molar-refractivity contribution < 1.29 is 14.1 Å². The van der Waals surface area contributed by atoms with Crippen LogP contribution in [0.1, 0.15) is 16.2 Å². The van der Waals surface area contributed by atoms with Crippen LogP contribution in [-0.2, 0) is 6.42 Å². The van der Waals surface area contributed by atoms with Crippen molar-refractivity contribution in [2.45, 2.75) is 6.42 Å². The van der Waals surface area contributed by atoms with E-state index in [2.05, 4.69) is 20.0 Å². The van der Waals surface area contributed by atoms with Gasteiger partial charge in [0.1, 0.15) is 0 Å². The van der Waals surface area contributed by atoms with Gasteiger partial charge in [-0.2, -0.15) is 4.98 Å². The van der Waals surface area contributed by atoms with E-state index in [-0.39, 0.29) is 5.91 Å². The first-order chi connectivity index (χ1) is 9.22. The van der Waals surface area contributed by atoms with Crippen LogP contribution >= 0.6 is 0 Å². The number of anilines is 1. The second kappa shape index (κ2) is 5.85. The van der Waals surface area contributed by atoms with Crippen LogP contribution in [0.15, 0.2) is 29.1 Å². The zero-order valence-corrected chi connectivity index (χ0v) is 10.4. The summed E-state index contributed by atoms with van der Waals surface area (Å²) in [6, 6.07) is 5.03. The fraction of sp³-hybridized carbons (Fsp3) is 0.250. The van der Waals surface area contributed by atoms with Gasteiger partial charge in [0, 0.05) is 13.0 Å². The molecule has 19 heavy (non-hydrogen) atoms. The third-order valence-electron chi connectivity index (χ3n) is 2.54. The number of nitrogens with zero attached hydrogens (tertiary/aromatic N) is 2. The normalized spacial score (nSPS) is 10.2. The molecule has 0 aliphatic heterocycles. The number of aromatic nitrogens is 2. The Kier molecular flexibility index (Phi) is 3.97. The second-order valence-electron chi connectivity index (χ2n) is 3.78. The third-order valence-corrected chi connectivity index (χ3v) is 2.54. The molecule has 0 aliphatic carbocycles.